The van der Waals surface area contributed by atoms with Gasteiger partial charge in [0, 0.05) is 23.6 Å². The molecule has 1 aromatic carbocycles. The van der Waals surface area contributed by atoms with Crippen LogP contribution in [0.5, 0.6) is 0 Å². The van der Waals surface area contributed by atoms with E-state index in [-0.39, 0.29) is 18.2 Å². The van der Waals surface area contributed by atoms with Crippen LogP contribution in [0, 0.1) is 6.92 Å². The highest BCUT2D eigenvalue weighted by Crippen LogP contribution is 2.26. The zero-order chi connectivity index (χ0) is 21.3. The highest BCUT2D eigenvalue weighted by molar-refractivity contribution is 5.99. The molecule has 1 saturated heterocycles. The number of carbonyl (C=O) groups excluding carboxylic acids is 2. The normalized spacial score (nSPS) is 15.9. The SMILES string of the molecule is Cc1cc(Nc2nccc(C(F)F)n2)cc(-c2cnn(C[C@H]3OC(=O)NC3=O)c2)c1. The standard InChI is InChI=1S/C19H16F2N6O3/c1-10-4-11(6-13(5-10)24-18-22-3-2-14(25-18)16(20)21)12-7-23-27(8-12)9-15-17(28)26-19(29)30-15/h2-8,15-16H,9H2,1H3,(H,22,24,25)(H,26,28,29)/t15-/m1/s1. The fraction of sp³-hybridized carbons (Fsp3) is 0.211. The van der Waals surface area contributed by atoms with E-state index >= 15 is 0 Å². The fourth-order valence-corrected chi connectivity index (χ4v) is 3.00. The molecule has 1 atom stereocenters. The number of imide groups is 1. The third-order valence-electron chi connectivity index (χ3n) is 4.32. The number of nitrogens with zero attached hydrogens (tertiary/aromatic N) is 4. The molecule has 154 valence electrons. The number of alkyl halides is 2. The Hall–Kier alpha value is -3.89. The van der Waals surface area contributed by atoms with Gasteiger partial charge in [-0.3, -0.25) is 14.8 Å². The minimum atomic E-state index is -2.69. The van der Waals surface area contributed by atoms with E-state index in [1.165, 1.54) is 10.9 Å². The van der Waals surface area contributed by atoms with E-state index in [4.69, 9.17) is 4.74 Å². The Kier molecular flexibility index (Phi) is 5.09. The second-order valence-corrected chi connectivity index (χ2v) is 6.65. The van der Waals surface area contributed by atoms with Crippen LogP contribution in [-0.4, -0.2) is 37.9 Å². The Morgan fingerprint density at radius 3 is 2.83 bits per heavy atom. The summed E-state index contributed by atoms with van der Waals surface area (Å²) in [5, 5.41) is 9.21. The number of benzene rings is 1. The van der Waals surface area contributed by atoms with Crippen molar-refractivity contribution in [2.45, 2.75) is 26.0 Å². The van der Waals surface area contributed by atoms with Gasteiger partial charge in [-0.2, -0.15) is 5.10 Å². The van der Waals surface area contributed by atoms with Gasteiger partial charge in [-0.25, -0.2) is 23.5 Å². The van der Waals surface area contributed by atoms with Crippen molar-refractivity contribution in [3.05, 3.63) is 54.1 Å². The fourth-order valence-electron chi connectivity index (χ4n) is 3.00. The first-order valence-corrected chi connectivity index (χ1v) is 8.91. The average Bonchev–Trinajstić information content (AvgIpc) is 3.28. The predicted molar refractivity (Wildman–Crippen MR) is 101 cm³/mol. The van der Waals surface area contributed by atoms with E-state index in [1.807, 2.05) is 19.1 Å². The largest absolute Gasteiger partial charge is 0.434 e. The van der Waals surface area contributed by atoms with Crippen molar-refractivity contribution in [2.75, 3.05) is 5.32 Å². The summed E-state index contributed by atoms with van der Waals surface area (Å²) in [5.41, 5.74) is 2.73. The molecule has 30 heavy (non-hydrogen) atoms. The van der Waals surface area contributed by atoms with Gasteiger partial charge in [0.25, 0.3) is 12.3 Å². The van der Waals surface area contributed by atoms with Crippen LogP contribution in [0.1, 0.15) is 17.7 Å². The molecular weight excluding hydrogens is 398 g/mol. The molecule has 4 rings (SSSR count). The Morgan fingerprint density at radius 2 is 2.10 bits per heavy atom. The first-order chi connectivity index (χ1) is 14.4. The Morgan fingerprint density at radius 1 is 1.27 bits per heavy atom. The second kappa shape index (κ2) is 7.85. The zero-order valence-electron chi connectivity index (χ0n) is 15.7. The van der Waals surface area contributed by atoms with Crippen LogP contribution >= 0.6 is 0 Å². The number of alkyl carbamates (subject to hydrolysis) is 1. The van der Waals surface area contributed by atoms with E-state index < -0.39 is 24.5 Å². The molecule has 1 aliphatic rings. The first kappa shape index (κ1) is 19.4. The lowest BCUT2D eigenvalue weighted by Crippen LogP contribution is -2.28. The summed E-state index contributed by atoms with van der Waals surface area (Å²) < 4.78 is 32.1. The number of aryl methyl sites for hydroxylation is 1. The number of aromatic nitrogens is 4. The van der Waals surface area contributed by atoms with Crippen LogP contribution in [0.25, 0.3) is 11.1 Å². The van der Waals surface area contributed by atoms with E-state index in [1.54, 1.807) is 18.5 Å². The van der Waals surface area contributed by atoms with Crippen molar-refractivity contribution >= 4 is 23.6 Å². The van der Waals surface area contributed by atoms with Gasteiger partial charge < -0.3 is 10.1 Å². The number of amides is 2. The lowest BCUT2D eigenvalue weighted by Gasteiger charge is -2.09. The quantitative estimate of drug-likeness (QED) is 0.638. The first-order valence-electron chi connectivity index (χ1n) is 8.91. The molecule has 1 aliphatic heterocycles. The molecule has 0 aliphatic carbocycles. The van der Waals surface area contributed by atoms with Crippen molar-refractivity contribution < 1.29 is 23.1 Å². The molecule has 0 unspecified atom stereocenters. The average molecular weight is 414 g/mol. The number of nitrogens with one attached hydrogen (secondary N) is 2. The molecule has 2 amide bonds. The smallest absolute Gasteiger partial charge is 0.414 e. The number of anilines is 2. The van der Waals surface area contributed by atoms with Crippen LogP contribution < -0.4 is 10.6 Å². The highest BCUT2D eigenvalue weighted by Gasteiger charge is 2.32. The van der Waals surface area contributed by atoms with Crippen LogP contribution in [0.4, 0.5) is 25.2 Å². The van der Waals surface area contributed by atoms with Crippen LogP contribution in [-0.2, 0) is 16.1 Å². The summed E-state index contributed by atoms with van der Waals surface area (Å²) in [7, 11) is 0. The van der Waals surface area contributed by atoms with E-state index in [0.717, 1.165) is 22.8 Å². The Labute approximate surface area is 169 Å². The van der Waals surface area contributed by atoms with Gasteiger partial charge in [-0.1, -0.05) is 6.07 Å². The van der Waals surface area contributed by atoms with Crippen LogP contribution in [0.3, 0.4) is 0 Å². The minimum Gasteiger partial charge on any atom is -0.434 e. The molecule has 2 aromatic heterocycles. The number of ether oxygens (including phenoxy) is 1. The lowest BCUT2D eigenvalue weighted by molar-refractivity contribution is -0.124. The molecule has 0 radical (unpaired) electrons. The van der Waals surface area contributed by atoms with Crippen LogP contribution in [0.15, 0.2) is 42.9 Å². The molecule has 0 saturated carbocycles. The number of carbonyl (C=O) groups is 2. The summed E-state index contributed by atoms with van der Waals surface area (Å²) in [4.78, 5) is 30.5. The maximum Gasteiger partial charge on any atom is 0.414 e. The molecule has 2 N–H and O–H groups in total. The number of rotatable bonds is 6. The van der Waals surface area contributed by atoms with E-state index in [9.17, 15) is 18.4 Å². The van der Waals surface area contributed by atoms with Crippen molar-refractivity contribution in [2.24, 2.45) is 0 Å². The van der Waals surface area contributed by atoms with Gasteiger partial charge in [0.05, 0.1) is 12.7 Å². The van der Waals surface area contributed by atoms with Crippen molar-refractivity contribution in [3.63, 3.8) is 0 Å². The molecule has 3 heterocycles. The van der Waals surface area contributed by atoms with Gasteiger partial charge >= 0.3 is 6.09 Å². The number of halogens is 2. The summed E-state index contributed by atoms with van der Waals surface area (Å²) in [6, 6.07) is 6.71. The van der Waals surface area contributed by atoms with E-state index in [2.05, 4.69) is 25.7 Å². The molecular formula is C19H16F2N6O3. The molecule has 3 aromatic rings. The van der Waals surface area contributed by atoms with Gasteiger partial charge in [-0.15, -0.1) is 0 Å². The number of hydrogen-bond acceptors (Lipinski definition) is 7. The molecule has 11 heteroatoms. The van der Waals surface area contributed by atoms with Gasteiger partial charge in [0.1, 0.15) is 5.69 Å². The van der Waals surface area contributed by atoms with Crippen molar-refractivity contribution in [1.82, 2.24) is 25.1 Å². The maximum atomic E-state index is 12.8. The third-order valence-corrected chi connectivity index (χ3v) is 4.32. The summed E-state index contributed by atoms with van der Waals surface area (Å²) in [5.74, 6) is -0.445. The molecule has 0 bridgehead atoms. The maximum absolute atomic E-state index is 12.8. The number of cyclic esters (lactones) is 1. The van der Waals surface area contributed by atoms with Gasteiger partial charge in [-0.05, 0) is 36.2 Å². The van der Waals surface area contributed by atoms with Crippen LogP contribution in [0.2, 0.25) is 0 Å². The van der Waals surface area contributed by atoms with Gasteiger partial charge in [0.15, 0.2) is 0 Å². The monoisotopic (exact) mass is 414 g/mol. The lowest BCUT2D eigenvalue weighted by atomic mass is 10.1. The summed E-state index contributed by atoms with van der Waals surface area (Å²) in [6.07, 6.45) is 0.203. The second-order valence-electron chi connectivity index (χ2n) is 6.65. The third kappa shape index (κ3) is 4.24. The van der Waals surface area contributed by atoms with Crippen molar-refractivity contribution in [3.8, 4) is 11.1 Å². The van der Waals surface area contributed by atoms with E-state index in [0.29, 0.717) is 5.69 Å². The molecule has 0 spiro atoms. The summed E-state index contributed by atoms with van der Waals surface area (Å²) in [6.45, 7) is 1.97. The van der Waals surface area contributed by atoms with Crippen molar-refractivity contribution in [1.29, 1.82) is 0 Å². The molecule has 1 fully saturated rings. The predicted octanol–water partition coefficient (Wildman–Crippen LogP) is 2.96. The Balaban J connectivity index is 1.54. The van der Waals surface area contributed by atoms with Gasteiger partial charge in [0.2, 0.25) is 12.1 Å². The number of hydrogen-bond donors (Lipinski definition) is 2. The highest BCUT2D eigenvalue weighted by atomic mass is 19.3. The minimum absolute atomic E-state index is 0.0640. The summed E-state index contributed by atoms with van der Waals surface area (Å²) >= 11 is 0. The molecule has 9 nitrogen and oxygen atoms in total. The zero-order valence-corrected chi connectivity index (χ0v) is 15.7. The topological polar surface area (TPSA) is 111 Å². The Bertz CT molecular complexity index is 1120.